The molecule has 0 amide bonds. The van der Waals surface area contributed by atoms with Gasteiger partial charge >= 0.3 is 185 Å². The number of hydrogen-bond acceptors (Lipinski definition) is 7. The molecule has 0 aliphatic heterocycles. The second kappa shape index (κ2) is 9.62. The van der Waals surface area contributed by atoms with Gasteiger partial charge in [0.05, 0.1) is 0 Å². The molecule has 0 aromatic carbocycles. The first-order valence-corrected chi connectivity index (χ1v) is 16.0. The van der Waals surface area contributed by atoms with E-state index in [4.69, 9.17) is 0 Å². The Balaban J connectivity index is 2.28. The Hall–Kier alpha value is -1.71. The van der Waals surface area contributed by atoms with Crippen LogP contribution in [0.4, 0.5) is 0 Å². The van der Waals surface area contributed by atoms with Crippen molar-refractivity contribution in [3.8, 4) is 0 Å². The van der Waals surface area contributed by atoms with Crippen molar-refractivity contribution in [2.24, 2.45) is 0 Å². The van der Waals surface area contributed by atoms with Crippen LogP contribution in [0.2, 0.25) is 0 Å². The zero-order valence-corrected chi connectivity index (χ0v) is 20.2. The molecular formula is C19H19O6PS4. The third kappa shape index (κ3) is 4.48. The van der Waals surface area contributed by atoms with Crippen molar-refractivity contribution in [2.75, 3.05) is 6.26 Å². The maximum atomic E-state index is 11.6. The van der Waals surface area contributed by atoms with Crippen molar-refractivity contribution in [3.63, 3.8) is 0 Å². The molecule has 6 nitrogen and oxygen atoms in total. The summed E-state index contributed by atoms with van der Waals surface area (Å²) < 4.78 is 69.7. The summed E-state index contributed by atoms with van der Waals surface area (Å²) in [7, 11) is -7.11. The molecule has 0 spiro atoms. The number of rotatable bonds is 4. The number of hydrogen-bond donors (Lipinski definition) is 0. The monoisotopic (exact) mass is 502 g/mol. The molecule has 0 fully saturated rings. The van der Waals surface area contributed by atoms with Gasteiger partial charge in [-0.3, -0.25) is 0 Å². The van der Waals surface area contributed by atoms with Crippen LogP contribution >= 0.6 is 17.8 Å². The van der Waals surface area contributed by atoms with Crippen LogP contribution in [0, 0.1) is 0 Å². The van der Waals surface area contributed by atoms with E-state index in [1.165, 1.54) is 0 Å². The zero-order chi connectivity index (χ0) is 21.9. The van der Waals surface area contributed by atoms with E-state index in [0.717, 1.165) is 15.9 Å². The molecule has 3 aliphatic rings. The molecule has 0 aromatic heterocycles. The Labute approximate surface area is 184 Å². The fraction of sp³-hybridized carbons (Fsp3) is 0.211. The molecule has 0 unspecified atom stereocenters. The molecule has 11 heteroatoms. The minimum absolute atomic E-state index is 0.216. The van der Waals surface area contributed by atoms with Crippen LogP contribution in [0.5, 0.6) is 0 Å². The first-order chi connectivity index (χ1) is 14.3. The zero-order valence-electron chi connectivity index (χ0n) is 15.9. The summed E-state index contributed by atoms with van der Waals surface area (Å²) in [5.74, 6) is 0. The molecule has 0 bridgehead atoms. The van der Waals surface area contributed by atoms with E-state index in [-0.39, 0.29) is 33.9 Å². The van der Waals surface area contributed by atoms with Crippen LogP contribution in [0.15, 0.2) is 70.6 Å². The van der Waals surface area contributed by atoms with Gasteiger partial charge in [-0.2, -0.15) is 0 Å². The van der Waals surface area contributed by atoms with E-state index in [1.807, 2.05) is 24.5 Å². The summed E-state index contributed by atoms with van der Waals surface area (Å²) in [6.07, 6.45) is 17.9. The van der Waals surface area contributed by atoms with Crippen molar-refractivity contribution in [2.45, 2.75) is 19.3 Å². The predicted octanol–water partition coefficient (Wildman–Crippen LogP) is 2.70. The Morgan fingerprint density at radius 3 is 1.17 bits per heavy atom. The molecule has 0 heterocycles. The third-order valence-corrected chi connectivity index (χ3v) is 15.8. The summed E-state index contributed by atoms with van der Waals surface area (Å²) in [4.78, 5) is 0.765. The van der Waals surface area contributed by atoms with Crippen LogP contribution in [0.1, 0.15) is 19.3 Å². The SMILES string of the molecule is CS[PH](C1=CC=CC(=S(=O)=O)C1)(C1=CC=CC(=S(=O)=O)C1)C1=CC=CC(=S(=O)=O)C1. The first-order valence-electron chi connectivity index (χ1n) is 8.83. The molecule has 0 saturated heterocycles. The summed E-state index contributed by atoms with van der Waals surface area (Å²) >= 11 is 1.57. The van der Waals surface area contributed by atoms with Crippen LogP contribution in [-0.2, 0) is 30.9 Å². The average molecular weight is 503 g/mol. The van der Waals surface area contributed by atoms with Gasteiger partial charge in [0, 0.05) is 0 Å². The maximum absolute atomic E-state index is 11.6. The molecule has 0 radical (unpaired) electrons. The van der Waals surface area contributed by atoms with Crippen molar-refractivity contribution in [3.05, 3.63) is 70.6 Å². The van der Waals surface area contributed by atoms with Crippen molar-refractivity contribution < 1.29 is 25.3 Å². The predicted molar refractivity (Wildman–Crippen MR) is 129 cm³/mol. The summed E-state index contributed by atoms with van der Waals surface area (Å²) in [5, 5.41) is 2.69. The molecule has 3 aliphatic carbocycles. The molecule has 0 saturated carbocycles. The molecule has 30 heavy (non-hydrogen) atoms. The van der Waals surface area contributed by atoms with Crippen molar-refractivity contribution in [1.82, 2.24) is 0 Å². The number of allylic oxidation sites excluding steroid dienone is 12. The van der Waals surface area contributed by atoms with Gasteiger partial charge in [0.25, 0.3) is 0 Å². The summed E-state index contributed by atoms with van der Waals surface area (Å²) in [5.41, 5.74) is 0. The Morgan fingerprint density at radius 2 is 0.933 bits per heavy atom. The van der Waals surface area contributed by atoms with Crippen molar-refractivity contribution in [1.29, 1.82) is 0 Å². The van der Waals surface area contributed by atoms with E-state index in [0.29, 0.717) is 0 Å². The fourth-order valence-electron chi connectivity index (χ4n) is 3.81. The third-order valence-electron chi connectivity index (χ3n) is 5.14. The second-order valence-electron chi connectivity index (χ2n) is 6.67. The van der Waals surface area contributed by atoms with E-state index in [9.17, 15) is 25.3 Å². The van der Waals surface area contributed by atoms with E-state index >= 15 is 0 Å². The Kier molecular flexibility index (Phi) is 7.36. The molecule has 0 atom stereocenters. The van der Waals surface area contributed by atoms with E-state index in [2.05, 4.69) is 0 Å². The van der Waals surface area contributed by atoms with Gasteiger partial charge in [-0.1, -0.05) is 0 Å². The summed E-state index contributed by atoms with van der Waals surface area (Å²) in [6.45, 7) is -2.87. The fourth-order valence-corrected chi connectivity index (χ4v) is 13.5. The minimum atomic E-state index is -2.87. The quantitative estimate of drug-likeness (QED) is 0.430. The standard InChI is InChI=1S/C19H19O6PS4/c1-27-26(14-5-2-8-17(11-14)28(20)21,15-6-3-9-18(12-15)29(22)23)16-7-4-10-19(13-16)30(24)25/h2-10,26H,11-13H2,1H3. The van der Waals surface area contributed by atoms with Gasteiger partial charge < -0.3 is 0 Å². The first kappa shape index (κ1) is 23.0. The normalized spacial score (nSPS) is 19.2. The van der Waals surface area contributed by atoms with Crippen molar-refractivity contribution >= 4 is 63.3 Å². The Morgan fingerprint density at radius 1 is 0.633 bits per heavy atom. The van der Waals surface area contributed by atoms with Crippen LogP contribution < -0.4 is 0 Å². The van der Waals surface area contributed by atoms with Gasteiger partial charge in [0.15, 0.2) is 0 Å². The van der Waals surface area contributed by atoms with E-state index in [1.54, 1.807) is 47.8 Å². The molecule has 3 rings (SSSR count). The van der Waals surface area contributed by atoms with E-state index < -0.39 is 37.3 Å². The molecule has 160 valence electrons. The van der Waals surface area contributed by atoms with Crippen LogP contribution in [0.25, 0.3) is 0 Å². The second-order valence-corrected chi connectivity index (χ2v) is 16.4. The van der Waals surface area contributed by atoms with Gasteiger partial charge in [-0.05, 0) is 0 Å². The molecule has 0 N–H and O–H groups in total. The average Bonchev–Trinajstić information content (AvgIpc) is 2.75. The topological polar surface area (TPSA) is 102 Å². The summed E-state index contributed by atoms with van der Waals surface area (Å²) in [6, 6.07) is 0. The van der Waals surface area contributed by atoms with Crippen LogP contribution in [0.3, 0.4) is 0 Å². The van der Waals surface area contributed by atoms with Gasteiger partial charge in [-0.25, -0.2) is 0 Å². The van der Waals surface area contributed by atoms with Gasteiger partial charge in [0.2, 0.25) is 0 Å². The Bertz CT molecular complexity index is 1200. The van der Waals surface area contributed by atoms with Gasteiger partial charge in [-0.15, -0.1) is 0 Å². The van der Waals surface area contributed by atoms with Crippen LogP contribution in [-0.4, -0.2) is 46.1 Å². The molecule has 0 aromatic rings. The van der Waals surface area contributed by atoms with Gasteiger partial charge in [0.1, 0.15) is 0 Å². The molecular weight excluding hydrogens is 483 g/mol.